The molecule has 1 saturated heterocycles. The summed E-state index contributed by atoms with van der Waals surface area (Å²) >= 11 is 0. The standard InChI is InChI=1S/C16H17FN4O2/c1-11(12-3-2-4-13(17)8-12)7-15(22)21-6-5-16(23,10-21)14-9-18-20-19-14/h2-4,7-9,23H,5-6,10H2,1H3,(H,18,19,20)/b11-7+. The number of β-amino-alcohol motifs (C(OH)–C–C–N with tert-alkyl or cyclic N) is 1. The molecule has 1 aliphatic heterocycles. The Morgan fingerprint density at radius 3 is 3.04 bits per heavy atom. The van der Waals surface area contributed by atoms with Gasteiger partial charge in [-0.25, -0.2) is 4.39 Å². The molecular formula is C16H17FN4O2. The van der Waals surface area contributed by atoms with Crippen LogP contribution in [0, 0.1) is 5.82 Å². The van der Waals surface area contributed by atoms with E-state index >= 15 is 0 Å². The summed E-state index contributed by atoms with van der Waals surface area (Å²) in [5.41, 5.74) is 0.581. The number of rotatable bonds is 3. The molecule has 1 aliphatic rings. The molecule has 0 saturated carbocycles. The number of nitrogens with zero attached hydrogens (tertiary/aromatic N) is 3. The van der Waals surface area contributed by atoms with Crippen LogP contribution in [0.3, 0.4) is 0 Å². The number of aromatic amines is 1. The SMILES string of the molecule is C/C(=C\C(=O)N1CCC(O)(c2cn[nH]n2)C1)c1cccc(F)c1. The highest BCUT2D eigenvalue weighted by Crippen LogP contribution is 2.30. The van der Waals surface area contributed by atoms with Crippen LogP contribution in [0.15, 0.2) is 36.5 Å². The molecule has 1 fully saturated rings. The van der Waals surface area contributed by atoms with Gasteiger partial charge < -0.3 is 10.0 Å². The number of allylic oxidation sites excluding steroid dienone is 1. The average molecular weight is 316 g/mol. The minimum absolute atomic E-state index is 0.158. The van der Waals surface area contributed by atoms with Crippen LogP contribution in [0.1, 0.15) is 24.6 Å². The number of aliphatic hydroxyl groups is 1. The molecule has 1 aromatic heterocycles. The van der Waals surface area contributed by atoms with Gasteiger partial charge in [0.2, 0.25) is 5.91 Å². The van der Waals surface area contributed by atoms with Crippen molar-refractivity contribution in [2.45, 2.75) is 18.9 Å². The first-order chi connectivity index (χ1) is 11.0. The van der Waals surface area contributed by atoms with Crippen LogP contribution < -0.4 is 0 Å². The minimum Gasteiger partial charge on any atom is -0.381 e. The number of carbonyl (C=O) groups is 1. The zero-order chi connectivity index (χ0) is 16.4. The van der Waals surface area contributed by atoms with Crippen molar-refractivity contribution in [3.05, 3.63) is 53.6 Å². The van der Waals surface area contributed by atoms with Gasteiger partial charge in [-0.1, -0.05) is 12.1 Å². The molecule has 120 valence electrons. The molecule has 23 heavy (non-hydrogen) atoms. The van der Waals surface area contributed by atoms with E-state index in [4.69, 9.17) is 0 Å². The third kappa shape index (κ3) is 3.14. The molecule has 0 spiro atoms. The molecule has 2 aromatic rings. The number of halogens is 1. The van der Waals surface area contributed by atoms with Gasteiger partial charge >= 0.3 is 0 Å². The van der Waals surface area contributed by atoms with Crippen LogP contribution >= 0.6 is 0 Å². The molecule has 1 unspecified atom stereocenters. The van der Waals surface area contributed by atoms with E-state index in [2.05, 4.69) is 15.4 Å². The van der Waals surface area contributed by atoms with Crippen LogP contribution in [0.2, 0.25) is 0 Å². The molecule has 0 aliphatic carbocycles. The van der Waals surface area contributed by atoms with E-state index < -0.39 is 5.60 Å². The summed E-state index contributed by atoms with van der Waals surface area (Å²) in [5, 5.41) is 20.6. The molecule has 7 heteroatoms. The number of H-pyrrole nitrogens is 1. The Hall–Kier alpha value is -2.54. The monoisotopic (exact) mass is 316 g/mol. The maximum absolute atomic E-state index is 13.3. The van der Waals surface area contributed by atoms with Crippen molar-refractivity contribution >= 4 is 11.5 Å². The molecule has 1 amide bonds. The molecule has 0 radical (unpaired) electrons. The largest absolute Gasteiger partial charge is 0.381 e. The number of hydrogen-bond donors (Lipinski definition) is 2. The van der Waals surface area contributed by atoms with Gasteiger partial charge in [-0.2, -0.15) is 15.4 Å². The second-order valence-corrected chi connectivity index (χ2v) is 5.73. The van der Waals surface area contributed by atoms with Crippen LogP contribution in [0.4, 0.5) is 4.39 Å². The van der Waals surface area contributed by atoms with Gasteiger partial charge in [-0.05, 0) is 30.2 Å². The van der Waals surface area contributed by atoms with Crippen molar-refractivity contribution in [2.75, 3.05) is 13.1 Å². The summed E-state index contributed by atoms with van der Waals surface area (Å²) in [7, 11) is 0. The van der Waals surface area contributed by atoms with E-state index in [0.29, 0.717) is 29.8 Å². The Kier molecular flexibility index (Phi) is 3.96. The fourth-order valence-corrected chi connectivity index (χ4v) is 2.71. The summed E-state index contributed by atoms with van der Waals surface area (Å²) in [6, 6.07) is 6.09. The van der Waals surface area contributed by atoms with Gasteiger partial charge in [0.1, 0.15) is 17.1 Å². The molecule has 2 N–H and O–H groups in total. The van der Waals surface area contributed by atoms with Gasteiger partial charge in [-0.3, -0.25) is 4.79 Å². The van der Waals surface area contributed by atoms with E-state index in [-0.39, 0.29) is 18.3 Å². The number of benzene rings is 1. The molecular weight excluding hydrogens is 299 g/mol. The second-order valence-electron chi connectivity index (χ2n) is 5.73. The second kappa shape index (κ2) is 5.92. The zero-order valence-electron chi connectivity index (χ0n) is 12.7. The quantitative estimate of drug-likeness (QED) is 0.840. The van der Waals surface area contributed by atoms with Gasteiger partial charge in [0, 0.05) is 19.0 Å². The number of hydrogen-bond acceptors (Lipinski definition) is 4. The van der Waals surface area contributed by atoms with E-state index in [1.54, 1.807) is 24.0 Å². The summed E-state index contributed by atoms with van der Waals surface area (Å²) in [6.45, 7) is 2.34. The van der Waals surface area contributed by atoms with Gasteiger partial charge in [0.15, 0.2) is 0 Å². The van der Waals surface area contributed by atoms with Crippen molar-refractivity contribution in [2.24, 2.45) is 0 Å². The van der Waals surface area contributed by atoms with Crippen LogP contribution in [-0.4, -0.2) is 44.4 Å². The lowest BCUT2D eigenvalue weighted by atomic mass is 10.00. The third-order valence-corrected chi connectivity index (χ3v) is 4.07. The summed E-state index contributed by atoms with van der Waals surface area (Å²) in [6.07, 6.45) is 3.32. The number of nitrogens with one attached hydrogen (secondary N) is 1. The van der Waals surface area contributed by atoms with Gasteiger partial charge in [0.25, 0.3) is 0 Å². The number of carbonyl (C=O) groups excluding carboxylic acids is 1. The minimum atomic E-state index is -1.18. The van der Waals surface area contributed by atoms with Crippen molar-refractivity contribution in [3.63, 3.8) is 0 Å². The van der Waals surface area contributed by atoms with Gasteiger partial charge in [-0.15, -0.1) is 0 Å². The van der Waals surface area contributed by atoms with Crippen molar-refractivity contribution in [1.29, 1.82) is 0 Å². The molecule has 6 nitrogen and oxygen atoms in total. The Balaban J connectivity index is 1.73. The van der Waals surface area contributed by atoms with Crippen LogP contribution in [0.5, 0.6) is 0 Å². The number of likely N-dealkylation sites (tertiary alicyclic amines) is 1. The molecule has 1 atom stereocenters. The lowest BCUT2D eigenvalue weighted by Gasteiger charge is -2.20. The van der Waals surface area contributed by atoms with E-state index in [1.165, 1.54) is 24.4 Å². The first-order valence-corrected chi connectivity index (χ1v) is 7.30. The predicted octanol–water partition coefficient (Wildman–Crippen LogP) is 1.47. The maximum Gasteiger partial charge on any atom is 0.246 e. The average Bonchev–Trinajstić information content (AvgIpc) is 3.17. The Labute approximate surface area is 132 Å². The molecule has 3 rings (SSSR count). The molecule has 2 heterocycles. The van der Waals surface area contributed by atoms with Crippen molar-refractivity contribution in [1.82, 2.24) is 20.3 Å². The number of aromatic nitrogens is 3. The van der Waals surface area contributed by atoms with Crippen LogP contribution in [0.25, 0.3) is 5.57 Å². The third-order valence-electron chi connectivity index (χ3n) is 4.07. The topological polar surface area (TPSA) is 82.1 Å². The fraction of sp³-hybridized carbons (Fsp3) is 0.312. The highest BCUT2D eigenvalue weighted by atomic mass is 19.1. The zero-order valence-corrected chi connectivity index (χ0v) is 12.7. The maximum atomic E-state index is 13.3. The summed E-state index contributed by atoms with van der Waals surface area (Å²) < 4.78 is 13.3. The van der Waals surface area contributed by atoms with Crippen LogP contribution in [-0.2, 0) is 10.4 Å². The predicted molar refractivity (Wildman–Crippen MR) is 81.5 cm³/mol. The van der Waals surface area contributed by atoms with Gasteiger partial charge in [0.05, 0.1) is 12.7 Å². The lowest BCUT2D eigenvalue weighted by molar-refractivity contribution is -0.126. The smallest absolute Gasteiger partial charge is 0.246 e. The number of amides is 1. The Morgan fingerprint density at radius 1 is 1.52 bits per heavy atom. The van der Waals surface area contributed by atoms with E-state index in [9.17, 15) is 14.3 Å². The normalized spacial score (nSPS) is 21.7. The Bertz CT molecular complexity index is 744. The Morgan fingerprint density at radius 2 is 2.35 bits per heavy atom. The summed E-state index contributed by atoms with van der Waals surface area (Å²) in [5.74, 6) is -0.560. The van der Waals surface area contributed by atoms with Crippen molar-refractivity contribution < 1.29 is 14.3 Å². The lowest BCUT2D eigenvalue weighted by Crippen LogP contribution is -2.34. The van der Waals surface area contributed by atoms with Crippen molar-refractivity contribution in [3.8, 4) is 0 Å². The highest BCUT2D eigenvalue weighted by molar-refractivity contribution is 5.95. The molecule has 1 aromatic carbocycles. The highest BCUT2D eigenvalue weighted by Gasteiger charge is 2.41. The first-order valence-electron chi connectivity index (χ1n) is 7.30. The summed E-state index contributed by atoms with van der Waals surface area (Å²) in [4.78, 5) is 13.9. The van der Waals surface area contributed by atoms with E-state index in [1.807, 2.05) is 0 Å². The fourth-order valence-electron chi connectivity index (χ4n) is 2.71. The van der Waals surface area contributed by atoms with E-state index in [0.717, 1.165) is 0 Å². The molecule has 0 bridgehead atoms. The first kappa shape index (κ1) is 15.4.